The number of piperidine rings is 1. The third-order valence-corrected chi connectivity index (χ3v) is 3.06. The smallest absolute Gasteiger partial charge is 0.410 e. The molecule has 1 unspecified atom stereocenters. The summed E-state index contributed by atoms with van der Waals surface area (Å²) in [5.74, 6) is -0.765. The third-order valence-electron chi connectivity index (χ3n) is 3.06. The van der Waals surface area contributed by atoms with E-state index in [1.165, 1.54) is 4.90 Å². The van der Waals surface area contributed by atoms with E-state index in [0.29, 0.717) is 19.6 Å². The number of hydrogen-bond donors (Lipinski definition) is 0. The number of carbonyl (C=O) groups is 2. The number of alkyl halides is 1. The van der Waals surface area contributed by atoms with Crippen molar-refractivity contribution in [1.29, 1.82) is 0 Å². The summed E-state index contributed by atoms with van der Waals surface area (Å²) < 4.78 is 24.1. The van der Waals surface area contributed by atoms with Crippen LogP contribution >= 0.6 is 0 Å². The average molecular weight is 289 g/mol. The molecule has 6 heteroatoms. The summed E-state index contributed by atoms with van der Waals surface area (Å²) in [5, 5.41) is 0. The molecule has 1 amide bonds. The molecule has 0 saturated carbocycles. The molecule has 0 radical (unpaired) electrons. The number of likely N-dealkylation sites (tertiary alicyclic amines) is 1. The maximum atomic E-state index is 14.0. The van der Waals surface area contributed by atoms with Crippen LogP contribution < -0.4 is 0 Å². The predicted octanol–water partition coefficient (Wildman–Crippen LogP) is 2.53. The molecule has 116 valence electrons. The number of nitrogens with zero attached hydrogens (tertiary/aromatic N) is 1. The molecular formula is C14H24FNO4. The van der Waals surface area contributed by atoms with E-state index >= 15 is 0 Å². The van der Waals surface area contributed by atoms with Gasteiger partial charge in [0.2, 0.25) is 0 Å². The lowest BCUT2D eigenvalue weighted by Crippen LogP contribution is -2.47. The summed E-state index contributed by atoms with van der Waals surface area (Å²) in [6, 6.07) is 0. The fraction of sp³-hybridized carbons (Fsp3) is 0.857. The lowest BCUT2D eigenvalue weighted by atomic mass is 9.92. The molecule has 1 aliphatic rings. The first-order chi connectivity index (χ1) is 9.23. The Morgan fingerprint density at radius 2 is 2.00 bits per heavy atom. The molecule has 0 aromatic heterocycles. The van der Waals surface area contributed by atoms with Crippen molar-refractivity contribution < 1.29 is 23.5 Å². The summed E-state index contributed by atoms with van der Waals surface area (Å²) in [5.41, 5.74) is -0.593. The van der Waals surface area contributed by atoms with Crippen molar-refractivity contribution in [2.45, 2.75) is 52.3 Å². The van der Waals surface area contributed by atoms with E-state index < -0.39 is 17.9 Å². The Morgan fingerprint density at radius 1 is 1.35 bits per heavy atom. The van der Waals surface area contributed by atoms with Gasteiger partial charge >= 0.3 is 12.1 Å². The van der Waals surface area contributed by atoms with Gasteiger partial charge in [0.15, 0.2) is 0 Å². The van der Waals surface area contributed by atoms with Crippen LogP contribution in [0.15, 0.2) is 0 Å². The molecular weight excluding hydrogens is 265 g/mol. The number of amides is 1. The van der Waals surface area contributed by atoms with E-state index in [1.807, 2.05) is 0 Å². The molecule has 0 N–H and O–H groups in total. The van der Waals surface area contributed by atoms with Crippen molar-refractivity contribution >= 4 is 12.1 Å². The molecule has 5 nitrogen and oxygen atoms in total. The third kappa shape index (κ3) is 5.35. The first-order valence-electron chi connectivity index (χ1n) is 7.00. The van der Waals surface area contributed by atoms with Crippen molar-refractivity contribution in [2.24, 2.45) is 5.92 Å². The first kappa shape index (κ1) is 16.7. The predicted molar refractivity (Wildman–Crippen MR) is 72.1 cm³/mol. The van der Waals surface area contributed by atoms with Gasteiger partial charge in [-0.1, -0.05) is 0 Å². The summed E-state index contributed by atoms with van der Waals surface area (Å²) in [4.78, 5) is 24.6. The molecule has 1 fully saturated rings. The van der Waals surface area contributed by atoms with E-state index in [4.69, 9.17) is 9.47 Å². The minimum Gasteiger partial charge on any atom is -0.466 e. The van der Waals surface area contributed by atoms with Gasteiger partial charge in [-0.25, -0.2) is 9.18 Å². The maximum absolute atomic E-state index is 14.0. The summed E-state index contributed by atoms with van der Waals surface area (Å²) in [6.45, 7) is 7.70. The lowest BCUT2D eigenvalue weighted by Gasteiger charge is -2.35. The number of rotatable bonds is 3. The fourth-order valence-electron chi connectivity index (χ4n) is 2.11. The van der Waals surface area contributed by atoms with Crippen LogP contribution in [0.5, 0.6) is 0 Å². The minimum atomic E-state index is -1.22. The normalized spacial score (nSPS) is 23.4. The monoisotopic (exact) mass is 289 g/mol. The summed E-state index contributed by atoms with van der Waals surface area (Å²) in [6.07, 6.45) is -1.22. The Kier molecular flexibility index (Phi) is 5.77. The molecule has 1 rings (SSSR count). The van der Waals surface area contributed by atoms with Crippen molar-refractivity contribution in [2.75, 3.05) is 19.7 Å². The van der Waals surface area contributed by atoms with Gasteiger partial charge in [0.1, 0.15) is 11.8 Å². The zero-order valence-electron chi connectivity index (χ0n) is 12.6. The van der Waals surface area contributed by atoms with Gasteiger partial charge < -0.3 is 14.4 Å². The Labute approximate surface area is 119 Å². The van der Waals surface area contributed by atoms with Gasteiger partial charge in [-0.2, -0.15) is 0 Å². The van der Waals surface area contributed by atoms with E-state index in [0.717, 1.165) is 0 Å². The number of halogens is 1. The van der Waals surface area contributed by atoms with E-state index in [-0.39, 0.29) is 24.9 Å². The topological polar surface area (TPSA) is 55.8 Å². The highest BCUT2D eigenvalue weighted by molar-refractivity contribution is 5.70. The largest absolute Gasteiger partial charge is 0.466 e. The van der Waals surface area contributed by atoms with Crippen LogP contribution in [0.3, 0.4) is 0 Å². The Balaban J connectivity index is 2.46. The van der Waals surface area contributed by atoms with E-state index in [1.54, 1.807) is 27.7 Å². The molecule has 0 spiro atoms. The SMILES string of the molecule is CCOC(=O)CC1CCN(C(=O)OC(C)(C)C)C[C@@H]1F. The van der Waals surface area contributed by atoms with E-state index in [9.17, 15) is 14.0 Å². The molecule has 1 heterocycles. The van der Waals surface area contributed by atoms with Gasteiger partial charge in [0, 0.05) is 12.5 Å². The van der Waals surface area contributed by atoms with Crippen molar-refractivity contribution in [3.8, 4) is 0 Å². The first-order valence-corrected chi connectivity index (χ1v) is 7.00. The highest BCUT2D eigenvalue weighted by Gasteiger charge is 2.34. The molecule has 20 heavy (non-hydrogen) atoms. The molecule has 0 bridgehead atoms. The van der Waals surface area contributed by atoms with Crippen LogP contribution in [0.1, 0.15) is 40.5 Å². The standard InChI is InChI=1S/C14H24FNO4/c1-5-19-12(17)8-10-6-7-16(9-11(10)15)13(18)20-14(2,3)4/h10-11H,5-9H2,1-4H3/t10?,11-/m0/s1. The van der Waals surface area contributed by atoms with Crippen molar-refractivity contribution in [3.63, 3.8) is 0 Å². The quantitative estimate of drug-likeness (QED) is 0.749. The summed E-state index contributed by atoms with van der Waals surface area (Å²) >= 11 is 0. The van der Waals surface area contributed by atoms with Gasteiger partial charge in [-0.05, 0) is 34.1 Å². The molecule has 2 atom stereocenters. The summed E-state index contributed by atoms with van der Waals surface area (Å²) in [7, 11) is 0. The molecule has 1 saturated heterocycles. The second kappa shape index (κ2) is 6.90. The molecule has 1 aliphatic heterocycles. The zero-order valence-corrected chi connectivity index (χ0v) is 12.6. The highest BCUT2D eigenvalue weighted by Crippen LogP contribution is 2.25. The lowest BCUT2D eigenvalue weighted by molar-refractivity contribution is -0.145. The van der Waals surface area contributed by atoms with Gasteiger partial charge in [-0.3, -0.25) is 4.79 Å². The van der Waals surface area contributed by atoms with Crippen LogP contribution in [0.2, 0.25) is 0 Å². The van der Waals surface area contributed by atoms with Crippen molar-refractivity contribution in [1.82, 2.24) is 4.90 Å². The number of ether oxygens (including phenoxy) is 2. The van der Waals surface area contributed by atoms with Gasteiger partial charge in [0.05, 0.1) is 19.6 Å². The second-order valence-corrected chi connectivity index (χ2v) is 6.00. The number of carbonyl (C=O) groups excluding carboxylic acids is 2. The average Bonchev–Trinajstić information content (AvgIpc) is 2.29. The molecule has 0 aromatic rings. The van der Waals surface area contributed by atoms with Crippen molar-refractivity contribution in [3.05, 3.63) is 0 Å². The maximum Gasteiger partial charge on any atom is 0.410 e. The Hall–Kier alpha value is -1.33. The minimum absolute atomic E-state index is 0.0288. The van der Waals surface area contributed by atoms with Crippen LogP contribution in [-0.4, -0.2) is 48.4 Å². The van der Waals surface area contributed by atoms with Gasteiger partial charge in [-0.15, -0.1) is 0 Å². The van der Waals surface area contributed by atoms with E-state index in [2.05, 4.69) is 0 Å². The van der Waals surface area contributed by atoms with Crippen LogP contribution in [-0.2, 0) is 14.3 Å². The molecule has 0 aliphatic carbocycles. The van der Waals surface area contributed by atoms with Crippen LogP contribution in [0, 0.1) is 5.92 Å². The Morgan fingerprint density at radius 3 is 2.50 bits per heavy atom. The van der Waals surface area contributed by atoms with Crippen LogP contribution in [0.4, 0.5) is 9.18 Å². The zero-order chi connectivity index (χ0) is 15.3. The molecule has 0 aromatic carbocycles. The highest BCUT2D eigenvalue weighted by atomic mass is 19.1. The number of esters is 1. The Bertz CT molecular complexity index is 354. The van der Waals surface area contributed by atoms with Crippen LogP contribution in [0.25, 0.3) is 0 Å². The number of hydrogen-bond acceptors (Lipinski definition) is 4. The second-order valence-electron chi connectivity index (χ2n) is 6.00. The van der Waals surface area contributed by atoms with Gasteiger partial charge in [0.25, 0.3) is 0 Å². The fourth-order valence-corrected chi connectivity index (χ4v) is 2.11.